The lowest BCUT2D eigenvalue weighted by atomic mass is 9.79. The van der Waals surface area contributed by atoms with Gasteiger partial charge in [-0.15, -0.1) is 11.6 Å². The van der Waals surface area contributed by atoms with Crippen LogP contribution in [0.2, 0.25) is 0 Å². The Kier molecular flexibility index (Phi) is 4.87. The van der Waals surface area contributed by atoms with Crippen LogP contribution in [0.15, 0.2) is 0 Å². The number of carbonyl (C=O) groups is 1. The number of carboxylic acid groups (broad SMARTS) is 1. The van der Waals surface area contributed by atoms with Crippen LogP contribution in [0.1, 0.15) is 39.0 Å². The van der Waals surface area contributed by atoms with Gasteiger partial charge in [-0.1, -0.05) is 19.8 Å². The highest BCUT2D eigenvalue weighted by atomic mass is 35.5. The molecule has 1 aliphatic carbocycles. The molecule has 1 N–H and O–H groups in total. The fourth-order valence-electron chi connectivity index (χ4n) is 2.07. The Morgan fingerprint density at radius 3 is 2.93 bits per heavy atom. The average Bonchev–Trinajstić information content (AvgIpc) is 2.21. The topological polar surface area (TPSA) is 46.5 Å². The molecular weight excluding hydrogens is 216 g/mol. The van der Waals surface area contributed by atoms with Crippen LogP contribution < -0.4 is 0 Å². The first-order valence-electron chi connectivity index (χ1n) is 5.61. The standard InChI is InChI=1S/C11H19ClO3/c1-2-7-15-8-9-5-3-4-6-11(9,12)10(13)14/h9H,2-8H2,1H3,(H,13,14). The van der Waals surface area contributed by atoms with E-state index in [1.807, 2.05) is 6.92 Å². The molecule has 0 aromatic carbocycles. The zero-order valence-electron chi connectivity index (χ0n) is 9.17. The van der Waals surface area contributed by atoms with Crippen molar-refractivity contribution in [3.63, 3.8) is 0 Å². The van der Waals surface area contributed by atoms with Crippen LogP contribution in [0, 0.1) is 5.92 Å². The molecule has 0 bridgehead atoms. The average molecular weight is 235 g/mol. The third-order valence-electron chi connectivity index (χ3n) is 3.01. The molecule has 1 saturated carbocycles. The number of rotatable bonds is 5. The smallest absolute Gasteiger partial charge is 0.325 e. The van der Waals surface area contributed by atoms with Gasteiger partial charge in [-0.3, -0.25) is 4.79 Å². The summed E-state index contributed by atoms with van der Waals surface area (Å²) in [6.07, 6.45) is 4.33. The molecule has 2 atom stereocenters. The van der Waals surface area contributed by atoms with Gasteiger partial charge in [0, 0.05) is 12.5 Å². The maximum atomic E-state index is 11.1. The molecule has 0 radical (unpaired) electrons. The number of hydrogen-bond donors (Lipinski definition) is 1. The minimum atomic E-state index is -1.09. The highest BCUT2D eigenvalue weighted by Crippen LogP contribution is 2.39. The third kappa shape index (κ3) is 3.08. The maximum absolute atomic E-state index is 11.1. The lowest BCUT2D eigenvalue weighted by molar-refractivity contribution is -0.143. The Balaban J connectivity index is 2.53. The molecule has 0 amide bonds. The minimum Gasteiger partial charge on any atom is -0.480 e. The van der Waals surface area contributed by atoms with E-state index in [1.165, 1.54) is 0 Å². The summed E-state index contributed by atoms with van der Waals surface area (Å²) in [7, 11) is 0. The predicted molar refractivity (Wildman–Crippen MR) is 59.3 cm³/mol. The molecule has 0 aromatic rings. The lowest BCUT2D eigenvalue weighted by Crippen LogP contribution is -2.45. The summed E-state index contributed by atoms with van der Waals surface area (Å²) in [5, 5.41) is 9.14. The lowest BCUT2D eigenvalue weighted by Gasteiger charge is -2.35. The fraction of sp³-hybridized carbons (Fsp3) is 0.909. The summed E-state index contributed by atoms with van der Waals surface area (Å²) < 4.78 is 5.42. The monoisotopic (exact) mass is 234 g/mol. The van der Waals surface area contributed by atoms with Crippen molar-refractivity contribution >= 4 is 17.6 Å². The third-order valence-corrected chi connectivity index (χ3v) is 3.67. The maximum Gasteiger partial charge on any atom is 0.325 e. The first-order chi connectivity index (χ1) is 7.11. The van der Waals surface area contributed by atoms with E-state index in [0.29, 0.717) is 19.6 Å². The molecule has 1 rings (SSSR count). The Morgan fingerprint density at radius 1 is 1.60 bits per heavy atom. The van der Waals surface area contributed by atoms with Crippen LogP contribution >= 0.6 is 11.6 Å². The van der Waals surface area contributed by atoms with Gasteiger partial charge in [-0.05, 0) is 19.3 Å². The molecule has 0 heterocycles. The molecule has 0 aliphatic heterocycles. The van der Waals surface area contributed by atoms with Crippen molar-refractivity contribution in [1.29, 1.82) is 0 Å². The number of hydrogen-bond acceptors (Lipinski definition) is 2. The van der Waals surface area contributed by atoms with Gasteiger partial charge < -0.3 is 9.84 Å². The van der Waals surface area contributed by atoms with Crippen molar-refractivity contribution < 1.29 is 14.6 Å². The van der Waals surface area contributed by atoms with Crippen LogP contribution in [0.5, 0.6) is 0 Å². The number of carboxylic acids is 1. The molecule has 1 aliphatic rings. The summed E-state index contributed by atoms with van der Waals surface area (Å²) in [6, 6.07) is 0. The molecule has 0 saturated heterocycles. The quantitative estimate of drug-likeness (QED) is 0.588. The normalized spacial score (nSPS) is 31.5. The second kappa shape index (κ2) is 5.71. The summed E-state index contributed by atoms with van der Waals surface area (Å²) in [5.41, 5.74) is 0. The van der Waals surface area contributed by atoms with Crippen molar-refractivity contribution in [2.24, 2.45) is 5.92 Å². The van der Waals surface area contributed by atoms with Gasteiger partial charge in [0.1, 0.15) is 4.87 Å². The summed E-state index contributed by atoms with van der Waals surface area (Å²) >= 11 is 6.18. The Labute approximate surface area is 95.8 Å². The van der Waals surface area contributed by atoms with Crippen LogP contribution in [0.3, 0.4) is 0 Å². The minimum absolute atomic E-state index is 0.0445. The first kappa shape index (κ1) is 12.8. The molecule has 2 unspecified atom stereocenters. The van der Waals surface area contributed by atoms with Gasteiger partial charge in [0.05, 0.1) is 6.61 Å². The van der Waals surface area contributed by atoms with Gasteiger partial charge in [-0.2, -0.15) is 0 Å². The molecule has 0 aromatic heterocycles. The van der Waals surface area contributed by atoms with Gasteiger partial charge in [-0.25, -0.2) is 0 Å². The first-order valence-corrected chi connectivity index (χ1v) is 5.99. The van der Waals surface area contributed by atoms with E-state index in [-0.39, 0.29) is 5.92 Å². The Bertz CT molecular complexity index is 220. The number of alkyl halides is 1. The highest BCUT2D eigenvalue weighted by molar-refractivity contribution is 6.34. The SMILES string of the molecule is CCCOCC1CCCCC1(Cl)C(=O)O. The van der Waals surface area contributed by atoms with E-state index in [9.17, 15) is 4.79 Å². The van der Waals surface area contributed by atoms with E-state index in [4.69, 9.17) is 21.4 Å². The Hall–Kier alpha value is -0.280. The molecule has 0 spiro atoms. The van der Waals surface area contributed by atoms with Gasteiger partial charge in [0.15, 0.2) is 0 Å². The van der Waals surface area contributed by atoms with Crippen molar-refractivity contribution in [1.82, 2.24) is 0 Å². The summed E-state index contributed by atoms with van der Waals surface area (Å²) in [6.45, 7) is 3.19. The van der Waals surface area contributed by atoms with E-state index in [2.05, 4.69) is 0 Å². The van der Waals surface area contributed by atoms with Crippen molar-refractivity contribution in [3.05, 3.63) is 0 Å². The van der Waals surface area contributed by atoms with Gasteiger partial charge in [0.25, 0.3) is 0 Å². The van der Waals surface area contributed by atoms with Crippen LogP contribution in [-0.4, -0.2) is 29.2 Å². The van der Waals surface area contributed by atoms with Gasteiger partial charge in [0.2, 0.25) is 0 Å². The zero-order chi connectivity index (χ0) is 11.3. The fourth-order valence-corrected chi connectivity index (χ4v) is 2.38. The van der Waals surface area contributed by atoms with E-state index in [0.717, 1.165) is 25.7 Å². The number of halogens is 1. The molecular formula is C11H19ClO3. The largest absolute Gasteiger partial charge is 0.480 e. The summed E-state index contributed by atoms with van der Waals surface area (Å²) in [5.74, 6) is -0.939. The molecule has 88 valence electrons. The van der Waals surface area contributed by atoms with E-state index in [1.54, 1.807) is 0 Å². The summed E-state index contributed by atoms with van der Waals surface area (Å²) in [4.78, 5) is 10.0. The van der Waals surface area contributed by atoms with E-state index < -0.39 is 10.8 Å². The number of ether oxygens (including phenoxy) is 1. The van der Waals surface area contributed by atoms with Crippen molar-refractivity contribution in [2.75, 3.05) is 13.2 Å². The second-order valence-electron chi connectivity index (χ2n) is 4.19. The molecule has 3 nitrogen and oxygen atoms in total. The zero-order valence-corrected chi connectivity index (χ0v) is 9.92. The van der Waals surface area contributed by atoms with Crippen molar-refractivity contribution in [2.45, 2.75) is 43.9 Å². The van der Waals surface area contributed by atoms with Gasteiger partial charge >= 0.3 is 5.97 Å². The molecule has 1 fully saturated rings. The molecule has 15 heavy (non-hydrogen) atoms. The second-order valence-corrected chi connectivity index (χ2v) is 4.86. The molecule has 4 heteroatoms. The predicted octanol–water partition coefficient (Wildman–Crippen LogP) is 2.67. The van der Waals surface area contributed by atoms with Crippen molar-refractivity contribution in [3.8, 4) is 0 Å². The number of aliphatic carboxylic acids is 1. The van der Waals surface area contributed by atoms with Crippen LogP contribution in [0.25, 0.3) is 0 Å². The van der Waals surface area contributed by atoms with Crippen LogP contribution in [-0.2, 0) is 9.53 Å². The van der Waals surface area contributed by atoms with E-state index >= 15 is 0 Å². The Morgan fingerprint density at radius 2 is 2.33 bits per heavy atom. The highest BCUT2D eigenvalue weighted by Gasteiger charge is 2.45. The van der Waals surface area contributed by atoms with Crippen LogP contribution in [0.4, 0.5) is 0 Å².